The molecule has 0 saturated heterocycles. The van der Waals surface area contributed by atoms with Crippen molar-refractivity contribution in [3.05, 3.63) is 102 Å². The maximum atomic E-state index is 13.0. The van der Waals surface area contributed by atoms with Crippen LogP contribution in [0.5, 0.6) is 0 Å². The van der Waals surface area contributed by atoms with Crippen molar-refractivity contribution in [2.75, 3.05) is 12.3 Å². The van der Waals surface area contributed by atoms with Crippen LogP contribution in [0.1, 0.15) is 82.8 Å². The fraction of sp³-hybridized carbons (Fsp3) is 0.386. The molecule has 2 aliphatic rings. The minimum Gasteiger partial charge on any atom is -0.383 e. The van der Waals surface area contributed by atoms with Crippen molar-refractivity contribution in [3.8, 4) is 34.2 Å². The van der Waals surface area contributed by atoms with Crippen molar-refractivity contribution in [2.45, 2.75) is 78.2 Å². The molecule has 2 unspecified atom stereocenters. The van der Waals surface area contributed by atoms with Crippen LogP contribution in [-0.2, 0) is 11.3 Å². The first kappa shape index (κ1) is 33.6. The molecule has 2 fully saturated rings. The molecule has 5 aromatic rings. The van der Waals surface area contributed by atoms with Gasteiger partial charge in [-0.3, -0.25) is 4.79 Å². The van der Waals surface area contributed by atoms with E-state index in [1.807, 2.05) is 24.3 Å². The van der Waals surface area contributed by atoms with Crippen molar-refractivity contribution in [1.29, 1.82) is 0 Å². The fourth-order valence-electron chi connectivity index (χ4n) is 9.32. The van der Waals surface area contributed by atoms with Gasteiger partial charge in [0, 0.05) is 37.1 Å². The maximum absolute atomic E-state index is 13.0. The molecule has 0 aliphatic heterocycles. The van der Waals surface area contributed by atoms with Crippen molar-refractivity contribution < 1.29 is 4.79 Å². The highest BCUT2D eigenvalue weighted by molar-refractivity contribution is 6.07. The number of nitrogens with one attached hydrogen (secondary N) is 1. The quantitative estimate of drug-likeness (QED) is 0.115. The summed E-state index contributed by atoms with van der Waals surface area (Å²) in [6.45, 7) is 6.10. The first-order valence-corrected chi connectivity index (χ1v) is 18.5. The van der Waals surface area contributed by atoms with Gasteiger partial charge in [0.2, 0.25) is 5.91 Å². The van der Waals surface area contributed by atoms with E-state index in [1.54, 1.807) is 6.33 Å². The average molecular weight is 664 g/mol. The summed E-state index contributed by atoms with van der Waals surface area (Å²) in [6, 6.07) is 29.2. The summed E-state index contributed by atoms with van der Waals surface area (Å²) >= 11 is 0. The third kappa shape index (κ3) is 7.48. The van der Waals surface area contributed by atoms with Gasteiger partial charge in [-0.1, -0.05) is 98.5 Å². The Balaban J connectivity index is 1.01. The molecule has 6 heteroatoms. The lowest BCUT2D eigenvalue weighted by Gasteiger charge is -2.49. The van der Waals surface area contributed by atoms with Gasteiger partial charge in [0.15, 0.2) is 0 Å². The molecule has 7 rings (SSSR count). The topological polar surface area (TPSA) is 85.8 Å². The number of nitrogens with two attached hydrogens (primary N) is 1. The highest BCUT2D eigenvalue weighted by atomic mass is 16.1. The molecule has 3 aromatic carbocycles. The van der Waals surface area contributed by atoms with E-state index in [-0.39, 0.29) is 11.3 Å². The van der Waals surface area contributed by atoms with Gasteiger partial charge in [-0.05, 0) is 96.9 Å². The molecule has 50 heavy (non-hydrogen) atoms. The number of carbonyl (C=O) groups excluding carboxylic acids is 1. The Morgan fingerprint density at radius 1 is 0.900 bits per heavy atom. The summed E-state index contributed by atoms with van der Waals surface area (Å²) in [5.74, 6) is 9.79. The first-order chi connectivity index (χ1) is 24.4. The van der Waals surface area contributed by atoms with E-state index in [4.69, 9.17) is 10.7 Å². The number of benzene rings is 3. The summed E-state index contributed by atoms with van der Waals surface area (Å²) < 4.78 is 2.26. The number of hydrogen-bond acceptors (Lipinski definition) is 4. The van der Waals surface area contributed by atoms with Crippen LogP contribution >= 0.6 is 0 Å². The number of aromatic nitrogens is 3. The van der Waals surface area contributed by atoms with E-state index in [0.29, 0.717) is 18.8 Å². The van der Waals surface area contributed by atoms with Crippen LogP contribution in [0.3, 0.4) is 0 Å². The number of carbonyl (C=O) groups is 1. The van der Waals surface area contributed by atoms with Crippen LogP contribution in [-0.4, -0.2) is 27.0 Å². The van der Waals surface area contributed by atoms with E-state index in [1.165, 1.54) is 32.1 Å². The summed E-state index contributed by atoms with van der Waals surface area (Å²) in [6.07, 6.45) is 11.3. The van der Waals surface area contributed by atoms with Gasteiger partial charge < -0.3 is 15.6 Å². The molecule has 2 bridgehead atoms. The molecule has 2 saturated carbocycles. The molecule has 2 heterocycles. The van der Waals surface area contributed by atoms with E-state index in [0.717, 1.165) is 88.1 Å². The third-order valence-electron chi connectivity index (χ3n) is 10.8. The minimum absolute atomic E-state index is 0.229. The zero-order valence-corrected chi connectivity index (χ0v) is 29.5. The molecule has 256 valence electrons. The molecule has 0 spiro atoms. The molecular formula is C44H49N5O. The Bertz CT molecular complexity index is 1990. The van der Waals surface area contributed by atoms with Crippen LogP contribution < -0.4 is 11.1 Å². The number of rotatable bonds is 10. The number of anilines is 1. The van der Waals surface area contributed by atoms with E-state index in [2.05, 4.69) is 101 Å². The van der Waals surface area contributed by atoms with Crippen LogP contribution in [0.4, 0.5) is 5.82 Å². The second-order valence-corrected chi connectivity index (χ2v) is 15.1. The molecule has 6 nitrogen and oxygen atoms in total. The number of nitrogens with zero attached hydrogens (tertiary/aromatic N) is 3. The lowest BCUT2D eigenvalue weighted by molar-refractivity contribution is -0.126. The predicted octanol–water partition coefficient (Wildman–Crippen LogP) is 9.28. The van der Waals surface area contributed by atoms with Crippen molar-refractivity contribution in [1.82, 2.24) is 19.9 Å². The number of amides is 1. The zero-order valence-electron chi connectivity index (χ0n) is 29.5. The van der Waals surface area contributed by atoms with Gasteiger partial charge in [-0.25, -0.2) is 9.97 Å². The summed E-state index contributed by atoms with van der Waals surface area (Å²) in [4.78, 5) is 22.1. The van der Waals surface area contributed by atoms with Crippen molar-refractivity contribution >= 4 is 22.8 Å². The Morgan fingerprint density at radius 2 is 1.62 bits per heavy atom. The summed E-state index contributed by atoms with van der Waals surface area (Å²) in [5, 5.41) is 4.10. The highest BCUT2D eigenvalue weighted by Crippen LogP contribution is 2.54. The largest absolute Gasteiger partial charge is 0.383 e. The van der Waals surface area contributed by atoms with Gasteiger partial charge in [-0.2, -0.15) is 0 Å². The number of nitrogen functional groups attached to an aromatic ring is 1. The Hall–Kier alpha value is -4.89. The van der Waals surface area contributed by atoms with Crippen LogP contribution in [0.2, 0.25) is 0 Å². The van der Waals surface area contributed by atoms with Gasteiger partial charge in [0.05, 0.1) is 11.1 Å². The Morgan fingerprint density at radius 3 is 2.36 bits per heavy atom. The monoisotopic (exact) mass is 663 g/mol. The lowest BCUT2D eigenvalue weighted by Crippen LogP contribution is -2.42. The van der Waals surface area contributed by atoms with Crippen LogP contribution in [0.25, 0.3) is 33.4 Å². The van der Waals surface area contributed by atoms with E-state index in [9.17, 15) is 4.79 Å². The zero-order chi connectivity index (χ0) is 34.5. The minimum atomic E-state index is 0.229. The lowest BCUT2D eigenvalue weighted by atomic mass is 9.55. The van der Waals surface area contributed by atoms with Gasteiger partial charge in [-0.15, -0.1) is 0 Å². The highest BCUT2D eigenvalue weighted by Gasteiger charge is 2.45. The summed E-state index contributed by atoms with van der Waals surface area (Å²) in [5.41, 5.74) is 14.0. The van der Waals surface area contributed by atoms with Gasteiger partial charge >= 0.3 is 0 Å². The van der Waals surface area contributed by atoms with E-state index < -0.39 is 0 Å². The van der Waals surface area contributed by atoms with Gasteiger partial charge in [0.1, 0.15) is 17.8 Å². The fourth-order valence-corrected chi connectivity index (χ4v) is 9.32. The molecule has 0 radical (unpaired) electrons. The molecule has 1 amide bonds. The Labute approximate surface area is 296 Å². The molecular weight excluding hydrogens is 615 g/mol. The molecule has 2 aromatic heterocycles. The molecule has 2 atom stereocenters. The number of fused-ring (bicyclic) bond motifs is 3. The predicted molar refractivity (Wildman–Crippen MR) is 204 cm³/mol. The maximum Gasteiger partial charge on any atom is 0.220 e. The summed E-state index contributed by atoms with van der Waals surface area (Å²) in [7, 11) is 0. The smallest absolute Gasteiger partial charge is 0.220 e. The number of hydrogen-bond donors (Lipinski definition) is 2. The molecule has 2 aliphatic carbocycles. The SMILES string of the molecule is CC1CC2CC(C)CC(CC(=O)NCCCCC#Cc3cccc(Cn4c(-c5ccccc5)c(-c5ccccc5)c5c(N)ncnc54)c3)(C1)C2. The second-order valence-electron chi connectivity index (χ2n) is 15.1. The third-order valence-corrected chi connectivity index (χ3v) is 10.8. The van der Waals surface area contributed by atoms with Gasteiger partial charge in [0.25, 0.3) is 0 Å². The van der Waals surface area contributed by atoms with Crippen LogP contribution in [0.15, 0.2) is 91.3 Å². The second kappa shape index (κ2) is 14.9. The van der Waals surface area contributed by atoms with Crippen LogP contribution in [0, 0.1) is 35.0 Å². The molecule has 3 N–H and O–H groups in total. The van der Waals surface area contributed by atoms with Crippen molar-refractivity contribution in [3.63, 3.8) is 0 Å². The normalized spacial score (nSPS) is 21.4. The average Bonchev–Trinajstić information content (AvgIpc) is 3.43. The standard InChI is InChI=1S/C44H49N5O/c1-31-22-35-23-32(2)26-44(25-31,27-35)28-38(50)46-21-12-4-3-7-14-33-15-13-16-34(24-33)29-49-41(37-19-10-6-11-20-37)39(36-17-8-5-9-18-36)40-42(45)47-30-48-43(40)49/h5-6,8-11,13,15-20,24,30-32,35H,3-4,12,21-23,25-29H2,1-2H3,(H,46,50)(H2,45,47,48). The Kier molecular flexibility index (Phi) is 10.0. The van der Waals surface area contributed by atoms with Crippen molar-refractivity contribution in [2.24, 2.45) is 23.2 Å². The first-order valence-electron chi connectivity index (χ1n) is 18.5. The van der Waals surface area contributed by atoms with E-state index >= 15 is 0 Å². The number of unbranched alkanes of at least 4 members (excludes halogenated alkanes) is 2.